The molecule has 0 bridgehead atoms. The van der Waals surface area contributed by atoms with Crippen molar-refractivity contribution in [1.82, 2.24) is 5.32 Å². The lowest BCUT2D eigenvalue weighted by atomic mass is 10.4. The van der Waals surface area contributed by atoms with E-state index in [2.05, 4.69) is 15.3 Å². The number of nitrogens with one attached hydrogen (secondary N) is 1. The Hall–Kier alpha value is -1.06. The predicted octanol–water partition coefficient (Wildman–Crippen LogP) is 0.145. The van der Waals surface area contributed by atoms with Gasteiger partial charge in [-0.2, -0.15) is 0 Å². The average Bonchev–Trinajstić information content (AvgIpc) is 1.85. The lowest BCUT2D eigenvalue weighted by molar-refractivity contribution is -0.118. The number of hydrogen-bond acceptors (Lipinski definition) is 3. The van der Waals surface area contributed by atoms with Gasteiger partial charge < -0.3 is 10.2 Å². The van der Waals surface area contributed by atoms with Crippen LogP contribution in [0.3, 0.4) is 0 Å². The molecule has 1 amide bonds. The van der Waals surface area contributed by atoms with Gasteiger partial charge >= 0.3 is 0 Å². The first-order valence-electron chi connectivity index (χ1n) is 2.98. The van der Waals surface area contributed by atoms with Crippen molar-refractivity contribution in [2.45, 2.75) is 13.8 Å². The molecular weight excluding hydrogens is 132 g/mol. The highest BCUT2D eigenvalue weighted by molar-refractivity contribution is 5.87. The first-order valence-corrected chi connectivity index (χ1v) is 2.98. The van der Waals surface area contributed by atoms with E-state index in [0.29, 0.717) is 6.54 Å². The van der Waals surface area contributed by atoms with Crippen LogP contribution in [0.2, 0.25) is 0 Å². The molecule has 0 unspecified atom stereocenters. The second-order valence-electron chi connectivity index (χ2n) is 1.92. The van der Waals surface area contributed by atoms with Crippen molar-refractivity contribution < 1.29 is 9.63 Å². The summed E-state index contributed by atoms with van der Waals surface area (Å²) in [5.74, 6) is -0.0642. The van der Waals surface area contributed by atoms with Crippen molar-refractivity contribution in [2.75, 3.05) is 13.7 Å². The third kappa shape index (κ3) is 5.08. The first-order chi connectivity index (χ1) is 4.66. The fourth-order valence-electron chi connectivity index (χ4n) is 0.441. The van der Waals surface area contributed by atoms with Gasteiger partial charge in [-0.1, -0.05) is 5.16 Å². The molecule has 0 heterocycles. The molecule has 58 valence electrons. The summed E-state index contributed by atoms with van der Waals surface area (Å²) in [5, 5.41) is 6.18. The summed E-state index contributed by atoms with van der Waals surface area (Å²) in [4.78, 5) is 14.8. The van der Waals surface area contributed by atoms with E-state index in [1.54, 1.807) is 6.92 Å². The molecule has 0 radical (unpaired) electrons. The fraction of sp³-hybridized carbons (Fsp3) is 0.667. The molecule has 0 saturated heterocycles. The highest BCUT2D eigenvalue weighted by Gasteiger charge is 1.92. The first kappa shape index (κ1) is 8.94. The Balaban J connectivity index is 3.48. The standard InChI is InChI=1S/C6H12N2O2/c1-5(8-10-3)4-7-6(2)9/h4H2,1-3H3,(H,7,9)/b8-5-. The van der Waals surface area contributed by atoms with Gasteiger partial charge in [0, 0.05) is 6.92 Å². The van der Waals surface area contributed by atoms with Gasteiger partial charge in [0.25, 0.3) is 0 Å². The topological polar surface area (TPSA) is 50.7 Å². The zero-order chi connectivity index (χ0) is 7.98. The SMILES string of the molecule is CO/N=C(/C)CNC(C)=O. The van der Waals surface area contributed by atoms with E-state index >= 15 is 0 Å². The molecule has 4 nitrogen and oxygen atoms in total. The van der Waals surface area contributed by atoms with Crippen molar-refractivity contribution in [3.8, 4) is 0 Å². The molecule has 10 heavy (non-hydrogen) atoms. The summed E-state index contributed by atoms with van der Waals surface area (Å²) < 4.78 is 0. The molecule has 0 atom stereocenters. The summed E-state index contributed by atoms with van der Waals surface area (Å²) >= 11 is 0. The van der Waals surface area contributed by atoms with E-state index in [4.69, 9.17) is 0 Å². The van der Waals surface area contributed by atoms with E-state index in [1.165, 1.54) is 14.0 Å². The maximum absolute atomic E-state index is 10.3. The minimum absolute atomic E-state index is 0.0642. The summed E-state index contributed by atoms with van der Waals surface area (Å²) in [6.07, 6.45) is 0. The summed E-state index contributed by atoms with van der Waals surface area (Å²) in [6.45, 7) is 3.68. The van der Waals surface area contributed by atoms with Gasteiger partial charge in [-0.25, -0.2) is 0 Å². The minimum atomic E-state index is -0.0642. The second-order valence-corrected chi connectivity index (χ2v) is 1.92. The van der Waals surface area contributed by atoms with Crippen molar-refractivity contribution >= 4 is 11.6 Å². The molecule has 0 aromatic heterocycles. The van der Waals surface area contributed by atoms with Gasteiger partial charge in [0.15, 0.2) is 0 Å². The molecule has 0 aliphatic rings. The number of rotatable bonds is 3. The lowest BCUT2D eigenvalue weighted by Gasteiger charge is -1.98. The van der Waals surface area contributed by atoms with Crippen molar-refractivity contribution in [1.29, 1.82) is 0 Å². The van der Waals surface area contributed by atoms with Crippen LogP contribution < -0.4 is 5.32 Å². The van der Waals surface area contributed by atoms with E-state index in [-0.39, 0.29) is 5.91 Å². The zero-order valence-electron chi connectivity index (χ0n) is 6.47. The number of carbonyl (C=O) groups excluding carboxylic acids is 1. The van der Waals surface area contributed by atoms with Crippen LogP contribution in [0.1, 0.15) is 13.8 Å². The van der Waals surface area contributed by atoms with Crippen LogP contribution >= 0.6 is 0 Å². The van der Waals surface area contributed by atoms with Crippen molar-refractivity contribution in [2.24, 2.45) is 5.16 Å². The molecular formula is C6H12N2O2. The van der Waals surface area contributed by atoms with E-state index in [1.807, 2.05) is 0 Å². The maximum atomic E-state index is 10.3. The van der Waals surface area contributed by atoms with Crippen LogP contribution in [0.25, 0.3) is 0 Å². The predicted molar refractivity (Wildman–Crippen MR) is 38.8 cm³/mol. The van der Waals surface area contributed by atoms with Crippen LogP contribution in [0, 0.1) is 0 Å². The number of oxime groups is 1. The largest absolute Gasteiger partial charge is 0.399 e. The smallest absolute Gasteiger partial charge is 0.217 e. The van der Waals surface area contributed by atoms with Crippen LogP contribution in [0.15, 0.2) is 5.16 Å². The minimum Gasteiger partial charge on any atom is -0.399 e. The van der Waals surface area contributed by atoms with E-state index in [9.17, 15) is 4.79 Å². The fourth-order valence-corrected chi connectivity index (χ4v) is 0.441. The van der Waals surface area contributed by atoms with Crippen LogP contribution in [-0.4, -0.2) is 25.3 Å². The molecule has 1 N–H and O–H groups in total. The average molecular weight is 144 g/mol. The Morgan fingerprint density at radius 2 is 2.20 bits per heavy atom. The molecule has 4 heteroatoms. The normalized spacial score (nSPS) is 10.9. The molecule has 0 spiro atoms. The van der Waals surface area contributed by atoms with Crippen LogP contribution in [-0.2, 0) is 9.63 Å². The molecule has 0 saturated carbocycles. The Bertz CT molecular complexity index is 143. The Morgan fingerprint density at radius 3 is 2.60 bits per heavy atom. The summed E-state index contributed by atoms with van der Waals surface area (Å²) in [6, 6.07) is 0. The molecule has 0 aliphatic carbocycles. The van der Waals surface area contributed by atoms with Gasteiger partial charge in [0.2, 0.25) is 5.91 Å². The quantitative estimate of drug-likeness (QED) is 0.452. The second kappa shape index (κ2) is 4.78. The molecule has 0 aromatic carbocycles. The number of amides is 1. The van der Waals surface area contributed by atoms with Crippen LogP contribution in [0.5, 0.6) is 0 Å². The third-order valence-corrected chi connectivity index (χ3v) is 0.840. The highest BCUT2D eigenvalue weighted by Crippen LogP contribution is 1.75. The molecule has 0 fully saturated rings. The molecule has 0 aliphatic heterocycles. The number of carbonyl (C=O) groups is 1. The van der Waals surface area contributed by atoms with Crippen molar-refractivity contribution in [3.63, 3.8) is 0 Å². The lowest BCUT2D eigenvalue weighted by Crippen LogP contribution is -2.25. The number of hydrogen-bond donors (Lipinski definition) is 1. The monoisotopic (exact) mass is 144 g/mol. The highest BCUT2D eigenvalue weighted by atomic mass is 16.6. The molecule has 0 aromatic rings. The molecule has 0 rings (SSSR count). The maximum Gasteiger partial charge on any atom is 0.217 e. The van der Waals surface area contributed by atoms with E-state index in [0.717, 1.165) is 5.71 Å². The van der Waals surface area contributed by atoms with E-state index < -0.39 is 0 Å². The van der Waals surface area contributed by atoms with Crippen LogP contribution in [0.4, 0.5) is 0 Å². The van der Waals surface area contributed by atoms with Gasteiger partial charge in [0.1, 0.15) is 7.11 Å². The van der Waals surface area contributed by atoms with Gasteiger partial charge in [-0.05, 0) is 6.92 Å². The summed E-state index contributed by atoms with van der Waals surface area (Å²) in [5.41, 5.74) is 0.748. The number of nitrogens with zero attached hydrogens (tertiary/aromatic N) is 1. The van der Waals surface area contributed by atoms with Gasteiger partial charge in [-0.3, -0.25) is 4.79 Å². The Labute approximate surface area is 60.2 Å². The zero-order valence-corrected chi connectivity index (χ0v) is 6.47. The van der Waals surface area contributed by atoms with Gasteiger partial charge in [0.05, 0.1) is 12.3 Å². The Morgan fingerprint density at radius 1 is 1.60 bits per heavy atom. The summed E-state index contributed by atoms with van der Waals surface area (Å²) in [7, 11) is 1.47. The van der Waals surface area contributed by atoms with Crippen molar-refractivity contribution in [3.05, 3.63) is 0 Å². The Kier molecular flexibility index (Phi) is 4.28. The third-order valence-electron chi connectivity index (χ3n) is 0.840. The van der Waals surface area contributed by atoms with Gasteiger partial charge in [-0.15, -0.1) is 0 Å².